The van der Waals surface area contributed by atoms with E-state index in [2.05, 4.69) is 10.6 Å². The molecule has 0 fully saturated rings. The van der Waals surface area contributed by atoms with Crippen LogP contribution in [0.5, 0.6) is 5.75 Å². The number of phenols is 1. The lowest BCUT2D eigenvalue weighted by Crippen LogP contribution is -2.53. The lowest BCUT2D eigenvalue weighted by molar-refractivity contribution is -0.142. The number of likely N-dealkylation sites (N-methyl/N-ethyl adjacent to an activating group) is 1. The number of hydrogen-bond acceptors (Lipinski definition) is 5. The fraction of sp³-hybridized carbons (Fsp3) is 0.640. The molecule has 0 radical (unpaired) electrons. The minimum atomic E-state index is -0.893. The number of aromatic hydroxyl groups is 1. The molecule has 8 heteroatoms. The summed E-state index contributed by atoms with van der Waals surface area (Å²) in [6.07, 6.45) is 1.47. The number of ether oxygens (including phenoxy) is 1. The van der Waals surface area contributed by atoms with Crippen LogP contribution in [-0.4, -0.2) is 52.6 Å². The third-order valence-corrected chi connectivity index (χ3v) is 4.92. The molecule has 0 aliphatic heterocycles. The maximum Gasteiger partial charge on any atom is 0.408 e. The van der Waals surface area contributed by atoms with Crippen molar-refractivity contribution < 1.29 is 24.2 Å². The van der Waals surface area contributed by atoms with Crippen molar-refractivity contribution in [2.75, 3.05) is 13.1 Å². The number of nitrogens with zero attached hydrogens (tertiary/aromatic N) is 1. The van der Waals surface area contributed by atoms with E-state index in [0.717, 1.165) is 12.8 Å². The molecular weight excluding hydrogens is 422 g/mol. The van der Waals surface area contributed by atoms with Gasteiger partial charge in [-0.15, -0.1) is 0 Å². The van der Waals surface area contributed by atoms with Gasteiger partial charge in [0.2, 0.25) is 11.8 Å². The maximum atomic E-state index is 13.7. The number of alkyl carbamates (subject to hydrolysis) is 1. The van der Waals surface area contributed by atoms with E-state index in [1.807, 2.05) is 20.8 Å². The molecule has 1 aromatic rings. The minimum absolute atomic E-state index is 0.0718. The predicted octanol–water partition coefficient (Wildman–Crippen LogP) is 4.14. The number of hydrogen-bond donors (Lipinski definition) is 3. The van der Waals surface area contributed by atoms with E-state index >= 15 is 0 Å². The SMILES string of the molecule is CCCCNC(=O)C(c1ccc(O)cc1)N(CC)C(=O)C(CC(C)C)NC(=O)OC(C)(C)C. The van der Waals surface area contributed by atoms with Gasteiger partial charge in [-0.1, -0.05) is 39.3 Å². The second-order valence-electron chi connectivity index (χ2n) is 9.59. The molecule has 2 unspecified atom stereocenters. The highest BCUT2D eigenvalue weighted by molar-refractivity contribution is 5.92. The summed E-state index contributed by atoms with van der Waals surface area (Å²) in [5.41, 5.74) is -0.120. The summed E-state index contributed by atoms with van der Waals surface area (Å²) in [7, 11) is 0. The summed E-state index contributed by atoms with van der Waals surface area (Å²) in [6, 6.07) is 4.51. The zero-order chi connectivity index (χ0) is 25.2. The number of phenolic OH excluding ortho intramolecular Hbond substituents is 1. The van der Waals surface area contributed by atoms with Gasteiger partial charge in [0.15, 0.2) is 0 Å². The van der Waals surface area contributed by atoms with Crippen LogP contribution in [0.15, 0.2) is 24.3 Å². The van der Waals surface area contributed by atoms with Crippen molar-refractivity contribution in [3.8, 4) is 5.75 Å². The monoisotopic (exact) mass is 463 g/mol. The van der Waals surface area contributed by atoms with Crippen LogP contribution in [0.3, 0.4) is 0 Å². The van der Waals surface area contributed by atoms with E-state index in [1.165, 1.54) is 17.0 Å². The summed E-state index contributed by atoms with van der Waals surface area (Å²) in [6.45, 7) is 13.8. The predicted molar refractivity (Wildman–Crippen MR) is 129 cm³/mol. The molecule has 0 aromatic heterocycles. The zero-order valence-corrected chi connectivity index (χ0v) is 21.1. The number of unbranched alkanes of at least 4 members (excludes halogenated alkanes) is 1. The van der Waals surface area contributed by atoms with Gasteiger partial charge in [-0.05, 0) is 64.2 Å². The van der Waals surface area contributed by atoms with Crippen LogP contribution in [0.25, 0.3) is 0 Å². The summed E-state index contributed by atoms with van der Waals surface area (Å²) in [4.78, 5) is 40.7. The van der Waals surface area contributed by atoms with E-state index in [-0.39, 0.29) is 30.0 Å². The first-order chi connectivity index (χ1) is 15.4. The van der Waals surface area contributed by atoms with Crippen molar-refractivity contribution in [1.82, 2.24) is 15.5 Å². The Morgan fingerprint density at radius 3 is 2.18 bits per heavy atom. The number of benzene rings is 1. The van der Waals surface area contributed by atoms with E-state index in [0.29, 0.717) is 18.5 Å². The highest BCUT2D eigenvalue weighted by Crippen LogP contribution is 2.25. The molecule has 3 N–H and O–H groups in total. The Morgan fingerprint density at radius 2 is 1.70 bits per heavy atom. The molecule has 8 nitrogen and oxygen atoms in total. The standard InChI is InChI=1S/C25H41N3O5/c1-8-10-15-26-22(30)21(18-11-13-19(29)14-12-18)28(9-2)23(31)20(16-17(3)4)27-24(32)33-25(5,6)7/h11-14,17,20-21,29H,8-10,15-16H2,1-7H3,(H,26,30)(H,27,32). The molecule has 0 aliphatic carbocycles. The largest absolute Gasteiger partial charge is 0.508 e. The Kier molecular flexibility index (Phi) is 11.2. The highest BCUT2D eigenvalue weighted by Gasteiger charge is 2.35. The lowest BCUT2D eigenvalue weighted by atomic mass is 9.99. The average Bonchev–Trinajstić information content (AvgIpc) is 2.70. The first kappa shape index (κ1) is 28.3. The average molecular weight is 464 g/mol. The van der Waals surface area contributed by atoms with Gasteiger partial charge in [-0.3, -0.25) is 9.59 Å². The smallest absolute Gasteiger partial charge is 0.408 e. The lowest BCUT2D eigenvalue weighted by Gasteiger charge is -2.34. The first-order valence-electron chi connectivity index (χ1n) is 11.8. The summed E-state index contributed by atoms with van der Waals surface area (Å²) < 4.78 is 5.36. The molecule has 0 spiro atoms. The molecule has 1 aromatic carbocycles. The number of rotatable bonds is 11. The molecule has 1 rings (SSSR count). The maximum absolute atomic E-state index is 13.7. The van der Waals surface area contributed by atoms with Crippen molar-refractivity contribution >= 4 is 17.9 Å². The number of nitrogens with one attached hydrogen (secondary N) is 2. The molecule has 0 bridgehead atoms. The second-order valence-corrected chi connectivity index (χ2v) is 9.59. The van der Waals surface area contributed by atoms with E-state index in [4.69, 9.17) is 4.74 Å². The number of amides is 3. The van der Waals surface area contributed by atoms with E-state index in [1.54, 1.807) is 39.8 Å². The van der Waals surface area contributed by atoms with Gasteiger partial charge in [-0.2, -0.15) is 0 Å². The highest BCUT2D eigenvalue weighted by atomic mass is 16.6. The van der Waals surface area contributed by atoms with Crippen LogP contribution in [0.1, 0.15) is 79.3 Å². The molecule has 0 saturated carbocycles. The molecular formula is C25H41N3O5. The Bertz CT molecular complexity index is 771. The Hall–Kier alpha value is -2.77. The van der Waals surface area contributed by atoms with Gasteiger partial charge in [0.25, 0.3) is 0 Å². The number of carbonyl (C=O) groups is 3. The van der Waals surface area contributed by atoms with Crippen LogP contribution in [0.2, 0.25) is 0 Å². The summed E-state index contributed by atoms with van der Waals surface area (Å²) in [5, 5.41) is 15.3. The van der Waals surface area contributed by atoms with Crippen LogP contribution in [0.4, 0.5) is 4.79 Å². The molecule has 0 aliphatic rings. The van der Waals surface area contributed by atoms with Gasteiger partial charge in [0.05, 0.1) is 0 Å². The fourth-order valence-corrected chi connectivity index (χ4v) is 3.42. The molecule has 3 amide bonds. The first-order valence-corrected chi connectivity index (χ1v) is 11.8. The Morgan fingerprint density at radius 1 is 1.09 bits per heavy atom. The summed E-state index contributed by atoms with van der Waals surface area (Å²) in [5.74, 6) is -0.466. The van der Waals surface area contributed by atoms with Gasteiger partial charge in [0, 0.05) is 13.1 Å². The Labute approximate surface area is 198 Å². The minimum Gasteiger partial charge on any atom is -0.508 e. The molecule has 0 saturated heterocycles. The summed E-state index contributed by atoms with van der Waals surface area (Å²) >= 11 is 0. The zero-order valence-electron chi connectivity index (χ0n) is 21.1. The topological polar surface area (TPSA) is 108 Å². The third-order valence-electron chi connectivity index (χ3n) is 4.92. The second kappa shape index (κ2) is 13.1. The van der Waals surface area contributed by atoms with Crippen molar-refractivity contribution in [2.24, 2.45) is 5.92 Å². The molecule has 0 heterocycles. The quantitative estimate of drug-likeness (QED) is 0.428. The third kappa shape index (κ3) is 9.72. The van der Waals surface area contributed by atoms with Gasteiger partial charge < -0.3 is 25.4 Å². The number of carbonyl (C=O) groups excluding carboxylic acids is 3. The van der Waals surface area contributed by atoms with Crippen LogP contribution in [-0.2, 0) is 14.3 Å². The van der Waals surface area contributed by atoms with Crippen LogP contribution < -0.4 is 10.6 Å². The van der Waals surface area contributed by atoms with E-state index in [9.17, 15) is 19.5 Å². The molecule has 186 valence electrons. The molecule has 2 atom stereocenters. The van der Waals surface area contributed by atoms with Gasteiger partial charge in [0.1, 0.15) is 23.4 Å². The van der Waals surface area contributed by atoms with Gasteiger partial charge in [-0.25, -0.2) is 4.79 Å². The van der Waals surface area contributed by atoms with Crippen molar-refractivity contribution in [2.45, 2.75) is 85.4 Å². The van der Waals surface area contributed by atoms with Crippen molar-refractivity contribution in [1.29, 1.82) is 0 Å². The Balaban J connectivity index is 3.27. The van der Waals surface area contributed by atoms with Crippen molar-refractivity contribution in [3.05, 3.63) is 29.8 Å². The van der Waals surface area contributed by atoms with E-state index < -0.39 is 23.8 Å². The fourth-order valence-electron chi connectivity index (χ4n) is 3.42. The van der Waals surface area contributed by atoms with Crippen LogP contribution in [0, 0.1) is 5.92 Å². The van der Waals surface area contributed by atoms with Gasteiger partial charge >= 0.3 is 6.09 Å². The normalized spacial score (nSPS) is 13.2. The van der Waals surface area contributed by atoms with Crippen molar-refractivity contribution in [3.63, 3.8) is 0 Å². The van der Waals surface area contributed by atoms with Crippen LogP contribution >= 0.6 is 0 Å². The molecule has 33 heavy (non-hydrogen) atoms.